The van der Waals surface area contributed by atoms with Crippen LogP contribution in [0.4, 0.5) is 0 Å². The molecule has 0 atom stereocenters. The zero-order valence-electron chi connectivity index (χ0n) is 7.31. The molecule has 0 aliphatic heterocycles. The molecule has 0 heterocycles. The molecule has 4 heteroatoms. The van der Waals surface area contributed by atoms with E-state index in [-0.39, 0.29) is 18.3 Å². The molecule has 0 aliphatic carbocycles. The summed E-state index contributed by atoms with van der Waals surface area (Å²) in [7, 11) is 0. The minimum absolute atomic E-state index is 0. The molecule has 0 aliphatic rings. The van der Waals surface area contributed by atoms with Crippen molar-refractivity contribution in [2.75, 3.05) is 6.54 Å². The number of carbonyl (C=O) groups excluding carboxylic acids is 1. The third-order valence-electron chi connectivity index (χ3n) is 1.43. The monoisotopic (exact) mass is 180 g/mol. The fourth-order valence-corrected chi connectivity index (χ4v) is 0.525. The van der Waals surface area contributed by atoms with Gasteiger partial charge in [0.05, 0.1) is 5.54 Å². The van der Waals surface area contributed by atoms with E-state index in [0.29, 0.717) is 0 Å². The normalized spacial score (nSPS) is 10.5. The summed E-state index contributed by atoms with van der Waals surface area (Å²) in [6, 6.07) is 0. The van der Waals surface area contributed by atoms with Gasteiger partial charge in [-0.05, 0) is 26.8 Å². The smallest absolute Gasteiger partial charge is 0.237 e. The van der Waals surface area contributed by atoms with E-state index in [1.807, 2.05) is 6.92 Å². The molecule has 11 heavy (non-hydrogen) atoms. The van der Waals surface area contributed by atoms with Crippen LogP contribution in [0.5, 0.6) is 0 Å². The molecule has 0 aromatic heterocycles. The van der Waals surface area contributed by atoms with Crippen molar-refractivity contribution in [2.24, 2.45) is 5.73 Å². The van der Waals surface area contributed by atoms with E-state index in [4.69, 9.17) is 5.73 Å². The highest BCUT2D eigenvalue weighted by Crippen LogP contribution is 1.98. The minimum atomic E-state index is -0.560. The number of nitrogens with one attached hydrogen (secondary N) is 1. The van der Waals surface area contributed by atoms with Crippen LogP contribution in [0.2, 0.25) is 0 Å². The summed E-state index contributed by atoms with van der Waals surface area (Å²) in [6.45, 7) is 6.44. The van der Waals surface area contributed by atoms with Crippen LogP contribution in [-0.4, -0.2) is 18.0 Å². The van der Waals surface area contributed by atoms with E-state index in [1.165, 1.54) is 0 Å². The van der Waals surface area contributed by atoms with Crippen molar-refractivity contribution in [3.05, 3.63) is 0 Å². The molecule has 0 aromatic rings. The molecule has 68 valence electrons. The molecular weight excluding hydrogens is 164 g/mol. The Morgan fingerprint density at radius 3 is 2.27 bits per heavy atom. The number of hydrogen-bond acceptors (Lipinski definition) is 2. The maximum atomic E-state index is 10.7. The van der Waals surface area contributed by atoms with E-state index < -0.39 is 5.54 Å². The van der Waals surface area contributed by atoms with Gasteiger partial charge in [0.25, 0.3) is 0 Å². The molecule has 0 bridgehead atoms. The Morgan fingerprint density at radius 1 is 1.55 bits per heavy atom. The molecular formula is C7H17ClN2O. The molecule has 0 aromatic carbocycles. The number of hydrogen-bond donors (Lipinski definition) is 2. The fraction of sp³-hybridized carbons (Fsp3) is 0.857. The Bertz CT molecular complexity index is 126. The first kappa shape index (κ1) is 13.3. The predicted molar refractivity (Wildman–Crippen MR) is 48.8 cm³/mol. The van der Waals surface area contributed by atoms with Crippen LogP contribution >= 0.6 is 12.4 Å². The van der Waals surface area contributed by atoms with Crippen LogP contribution in [0.1, 0.15) is 27.2 Å². The van der Waals surface area contributed by atoms with Crippen LogP contribution in [0.15, 0.2) is 0 Å². The molecule has 0 saturated heterocycles. The van der Waals surface area contributed by atoms with E-state index in [2.05, 4.69) is 5.32 Å². The average Bonchev–Trinajstić information content (AvgIpc) is 1.84. The van der Waals surface area contributed by atoms with Gasteiger partial charge in [0.15, 0.2) is 0 Å². The summed E-state index contributed by atoms with van der Waals surface area (Å²) < 4.78 is 0. The van der Waals surface area contributed by atoms with Gasteiger partial charge in [-0.25, -0.2) is 0 Å². The minimum Gasteiger partial charge on any atom is -0.368 e. The maximum absolute atomic E-state index is 10.7. The topological polar surface area (TPSA) is 55.1 Å². The maximum Gasteiger partial charge on any atom is 0.237 e. The molecule has 0 unspecified atom stereocenters. The van der Waals surface area contributed by atoms with Crippen molar-refractivity contribution in [3.8, 4) is 0 Å². The number of carbonyl (C=O) groups is 1. The summed E-state index contributed by atoms with van der Waals surface area (Å²) in [5.41, 5.74) is 4.55. The lowest BCUT2D eigenvalue weighted by atomic mass is 10.1. The third-order valence-corrected chi connectivity index (χ3v) is 1.43. The quantitative estimate of drug-likeness (QED) is 0.669. The van der Waals surface area contributed by atoms with Crippen LogP contribution in [-0.2, 0) is 4.79 Å². The van der Waals surface area contributed by atoms with Crippen LogP contribution in [0, 0.1) is 0 Å². The number of primary amides is 1. The van der Waals surface area contributed by atoms with Crippen molar-refractivity contribution in [3.63, 3.8) is 0 Å². The van der Waals surface area contributed by atoms with E-state index in [9.17, 15) is 4.79 Å². The summed E-state index contributed by atoms with van der Waals surface area (Å²) in [6.07, 6.45) is 1.01. The van der Waals surface area contributed by atoms with Gasteiger partial charge < -0.3 is 11.1 Å². The lowest BCUT2D eigenvalue weighted by Gasteiger charge is -2.21. The van der Waals surface area contributed by atoms with Crippen molar-refractivity contribution in [2.45, 2.75) is 32.7 Å². The molecule has 3 N–H and O–H groups in total. The second-order valence-electron chi connectivity index (χ2n) is 2.92. The van der Waals surface area contributed by atoms with Gasteiger partial charge >= 0.3 is 0 Å². The highest BCUT2D eigenvalue weighted by atomic mass is 35.5. The van der Waals surface area contributed by atoms with Crippen LogP contribution < -0.4 is 11.1 Å². The van der Waals surface area contributed by atoms with Gasteiger partial charge in [-0.1, -0.05) is 6.92 Å². The molecule has 0 fully saturated rings. The van der Waals surface area contributed by atoms with Gasteiger partial charge in [0.1, 0.15) is 0 Å². The molecule has 0 spiro atoms. The van der Waals surface area contributed by atoms with Gasteiger partial charge in [0.2, 0.25) is 5.91 Å². The van der Waals surface area contributed by atoms with Crippen LogP contribution in [0.3, 0.4) is 0 Å². The summed E-state index contributed by atoms with van der Waals surface area (Å²) in [4.78, 5) is 10.7. The lowest BCUT2D eigenvalue weighted by Crippen LogP contribution is -2.50. The standard InChI is InChI=1S/C7H16N2O.ClH/c1-4-5-9-7(2,3)6(8)10;/h9H,4-5H2,1-3H3,(H2,8,10);1H. The molecule has 1 amide bonds. The first-order valence-corrected chi connectivity index (χ1v) is 3.55. The summed E-state index contributed by atoms with van der Waals surface area (Å²) >= 11 is 0. The van der Waals surface area contributed by atoms with E-state index >= 15 is 0 Å². The number of rotatable bonds is 4. The Balaban J connectivity index is 0. The van der Waals surface area contributed by atoms with Gasteiger partial charge in [0, 0.05) is 0 Å². The Hall–Kier alpha value is -0.280. The second kappa shape index (κ2) is 5.38. The van der Waals surface area contributed by atoms with Gasteiger partial charge in [-0.2, -0.15) is 0 Å². The Morgan fingerprint density at radius 2 is 2.00 bits per heavy atom. The van der Waals surface area contributed by atoms with Gasteiger partial charge in [-0.15, -0.1) is 12.4 Å². The first-order chi connectivity index (χ1) is 4.50. The van der Waals surface area contributed by atoms with Crippen LogP contribution in [0.25, 0.3) is 0 Å². The lowest BCUT2D eigenvalue weighted by molar-refractivity contribution is -0.123. The second-order valence-corrected chi connectivity index (χ2v) is 2.92. The summed E-state index contributed by atoms with van der Waals surface area (Å²) in [5, 5.41) is 3.03. The molecule has 0 radical (unpaired) electrons. The Kier molecular flexibility index (Phi) is 6.52. The Labute approximate surface area is 74.1 Å². The predicted octanol–water partition coefficient (Wildman–Crippen LogP) is 0.672. The average molecular weight is 181 g/mol. The molecule has 3 nitrogen and oxygen atoms in total. The number of amides is 1. The van der Waals surface area contributed by atoms with Gasteiger partial charge in [-0.3, -0.25) is 4.79 Å². The first-order valence-electron chi connectivity index (χ1n) is 3.55. The van der Waals surface area contributed by atoms with Crippen molar-refractivity contribution >= 4 is 18.3 Å². The summed E-state index contributed by atoms with van der Waals surface area (Å²) in [5.74, 6) is -0.305. The SMILES string of the molecule is CCCNC(C)(C)C(N)=O.Cl. The largest absolute Gasteiger partial charge is 0.368 e. The molecule has 0 rings (SSSR count). The van der Waals surface area contributed by atoms with Crippen molar-refractivity contribution in [1.29, 1.82) is 0 Å². The van der Waals surface area contributed by atoms with E-state index in [1.54, 1.807) is 13.8 Å². The van der Waals surface area contributed by atoms with Crippen molar-refractivity contribution < 1.29 is 4.79 Å². The number of nitrogens with two attached hydrogens (primary N) is 1. The zero-order chi connectivity index (χ0) is 8.20. The molecule has 0 saturated carbocycles. The fourth-order valence-electron chi connectivity index (χ4n) is 0.525. The van der Waals surface area contributed by atoms with Crippen molar-refractivity contribution in [1.82, 2.24) is 5.32 Å². The highest BCUT2D eigenvalue weighted by Gasteiger charge is 2.22. The third kappa shape index (κ3) is 5.04. The number of halogens is 1. The highest BCUT2D eigenvalue weighted by molar-refractivity contribution is 5.85. The van der Waals surface area contributed by atoms with E-state index in [0.717, 1.165) is 13.0 Å². The zero-order valence-corrected chi connectivity index (χ0v) is 8.12.